The molecule has 0 spiro atoms. The molecule has 300 valence electrons. The van der Waals surface area contributed by atoms with Gasteiger partial charge in [0, 0.05) is 30.6 Å². The van der Waals surface area contributed by atoms with Gasteiger partial charge >= 0.3 is 12.1 Å². The van der Waals surface area contributed by atoms with E-state index in [-0.39, 0.29) is 30.6 Å². The van der Waals surface area contributed by atoms with Crippen molar-refractivity contribution in [3.8, 4) is 16.9 Å². The Balaban J connectivity index is 1.36. The molecule has 7 rings (SSSR count). The third-order valence-electron chi connectivity index (χ3n) is 9.45. The van der Waals surface area contributed by atoms with E-state index in [2.05, 4.69) is 21.3 Å². The van der Waals surface area contributed by atoms with E-state index in [1.54, 1.807) is 36.4 Å². The molecular weight excluding hydrogens is 774 g/mol. The molecule has 4 aromatic carbocycles. The Morgan fingerprint density at radius 3 is 1.91 bits per heavy atom. The first-order valence-electron chi connectivity index (χ1n) is 18.3. The van der Waals surface area contributed by atoms with Crippen LogP contribution in [0.25, 0.3) is 11.1 Å². The highest BCUT2D eigenvalue weighted by atomic mass is 32.1. The van der Waals surface area contributed by atoms with Crippen LogP contribution in [0.5, 0.6) is 5.75 Å². The number of nitrogens with one attached hydrogen (secondary N) is 4. The normalized spacial score (nSPS) is 19.6. The molecule has 11 nitrogen and oxygen atoms in total. The standard InChI is InChI=1S/C43H39F3N4O7S/c44-43(45,46)31-9-4-6-28(20-31)23-35-40(53)50-37(42(55)56)22-27-13-17-32(18-14-27)57-25-38(51)47-36(24-33-10-5-19-58-33)41(54)48-34(39(52)49-35)21-26-11-15-30(16-12-26)29-7-2-1-3-8-29/h1-20,34-37H,21-25H2,(H,47,51)(H,48,54)(H,49,52)(H,50,53)(H,55,56)/t34-,35+,36+,37-/m0/s1. The summed E-state index contributed by atoms with van der Waals surface area (Å²) in [6.07, 6.45) is -5.38. The zero-order valence-electron chi connectivity index (χ0n) is 30.8. The Labute approximate surface area is 335 Å². The molecule has 0 unspecified atom stereocenters. The number of carboxylic acid groups (broad SMARTS) is 1. The van der Waals surface area contributed by atoms with Gasteiger partial charge < -0.3 is 31.1 Å². The van der Waals surface area contributed by atoms with E-state index in [0.717, 1.165) is 28.1 Å². The molecule has 4 atom stereocenters. The number of amides is 4. The zero-order chi connectivity index (χ0) is 41.2. The number of thiophene rings is 1. The zero-order valence-corrected chi connectivity index (χ0v) is 31.6. The van der Waals surface area contributed by atoms with Crippen molar-refractivity contribution in [2.75, 3.05) is 6.61 Å². The van der Waals surface area contributed by atoms with Crippen LogP contribution < -0.4 is 26.0 Å². The molecule has 2 aliphatic heterocycles. The van der Waals surface area contributed by atoms with E-state index >= 15 is 0 Å². The van der Waals surface area contributed by atoms with Crippen LogP contribution in [0.2, 0.25) is 0 Å². The van der Waals surface area contributed by atoms with Gasteiger partial charge in [0.15, 0.2) is 6.61 Å². The summed E-state index contributed by atoms with van der Waals surface area (Å²) >= 11 is 1.36. The monoisotopic (exact) mass is 812 g/mol. The summed E-state index contributed by atoms with van der Waals surface area (Å²) in [6, 6.07) is 25.1. The second-order valence-corrected chi connectivity index (χ2v) is 14.8. The second kappa shape index (κ2) is 18.6. The molecule has 5 N–H and O–H groups in total. The lowest BCUT2D eigenvalue weighted by atomic mass is 9.98. The SMILES string of the molecule is O=C1COc2ccc(cc2)C[C@@H](C(=O)O)NC(=O)[C@@H](Cc2cccc(C(F)(F)F)c2)NC(=O)[C@H](Cc2ccc(-c3ccccc3)cc2)NC(=O)[C@@H](Cc2cccs2)N1. The first kappa shape index (κ1) is 41.2. The number of hydrogen-bond acceptors (Lipinski definition) is 7. The summed E-state index contributed by atoms with van der Waals surface area (Å²) < 4.78 is 46.7. The molecule has 4 amide bonds. The third-order valence-corrected chi connectivity index (χ3v) is 10.3. The Morgan fingerprint density at radius 1 is 0.672 bits per heavy atom. The van der Waals surface area contributed by atoms with Crippen LogP contribution in [0.3, 0.4) is 0 Å². The first-order chi connectivity index (χ1) is 27.8. The predicted molar refractivity (Wildman–Crippen MR) is 210 cm³/mol. The number of ether oxygens (including phenoxy) is 1. The maximum absolute atomic E-state index is 14.3. The summed E-state index contributed by atoms with van der Waals surface area (Å²) in [7, 11) is 0. The van der Waals surface area contributed by atoms with Gasteiger partial charge in [0.05, 0.1) is 5.56 Å². The molecule has 3 heterocycles. The van der Waals surface area contributed by atoms with Gasteiger partial charge in [-0.25, -0.2) is 4.79 Å². The van der Waals surface area contributed by atoms with E-state index in [0.29, 0.717) is 11.1 Å². The van der Waals surface area contributed by atoms with Crippen molar-refractivity contribution in [2.24, 2.45) is 0 Å². The second-order valence-electron chi connectivity index (χ2n) is 13.7. The summed E-state index contributed by atoms with van der Waals surface area (Å²) in [5, 5.41) is 22.4. The van der Waals surface area contributed by atoms with Crippen LogP contribution in [0.1, 0.15) is 27.1 Å². The minimum absolute atomic E-state index is 0.0342. The molecule has 0 saturated heterocycles. The number of carbonyl (C=O) groups is 5. The highest BCUT2D eigenvalue weighted by Gasteiger charge is 2.34. The molecule has 5 aromatic rings. The molecule has 0 radical (unpaired) electrons. The molecule has 0 saturated carbocycles. The minimum atomic E-state index is -4.70. The van der Waals surface area contributed by atoms with Gasteiger partial charge in [-0.2, -0.15) is 13.2 Å². The molecule has 1 aromatic heterocycles. The van der Waals surface area contributed by atoms with Crippen LogP contribution in [-0.2, 0) is 55.8 Å². The number of alkyl halides is 3. The number of halogens is 3. The van der Waals surface area contributed by atoms with E-state index < -0.39 is 78.5 Å². The molecular formula is C43H39F3N4O7S. The molecule has 0 fully saturated rings. The molecule has 0 aliphatic carbocycles. The van der Waals surface area contributed by atoms with Crippen molar-refractivity contribution in [3.63, 3.8) is 0 Å². The minimum Gasteiger partial charge on any atom is -0.484 e. The van der Waals surface area contributed by atoms with Crippen molar-refractivity contribution >= 4 is 40.9 Å². The lowest BCUT2D eigenvalue weighted by Crippen LogP contribution is -2.59. The number of benzene rings is 4. The highest BCUT2D eigenvalue weighted by molar-refractivity contribution is 7.09. The van der Waals surface area contributed by atoms with E-state index in [4.69, 9.17) is 4.74 Å². The van der Waals surface area contributed by atoms with Crippen molar-refractivity contribution in [1.82, 2.24) is 21.3 Å². The number of hydrogen-bond donors (Lipinski definition) is 5. The number of aliphatic carboxylic acids is 1. The lowest BCUT2D eigenvalue weighted by Gasteiger charge is -2.26. The van der Waals surface area contributed by atoms with Gasteiger partial charge in [0.25, 0.3) is 5.91 Å². The maximum Gasteiger partial charge on any atom is 0.416 e. The van der Waals surface area contributed by atoms with E-state index in [1.165, 1.54) is 35.6 Å². The predicted octanol–water partition coefficient (Wildman–Crippen LogP) is 5.12. The van der Waals surface area contributed by atoms with Gasteiger partial charge in [-0.15, -0.1) is 11.3 Å². The van der Waals surface area contributed by atoms with Crippen molar-refractivity contribution < 1.29 is 47.0 Å². The first-order valence-corrected chi connectivity index (χ1v) is 19.2. The van der Waals surface area contributed by atoms with Gasteiger partial charge in [0.1, 0.15) is 29.9 Å². The van der Waals surface area contributed by atoms with Crippen LogP contribution in [0, 0.1) is 0 Å². The average Bonchev–Trinajstić information content (AvgIpc) is 3.73. The quantitative estimate of drug-likeness (QED) is 0.136. The van der Waals surface area contributed by atoms with Crippen molar-refractivity contribution in [3.05, 3.63) is 148 Å². The van der Waals surface area contributed by atoms with Gasteiger partial charge in [-0.3, -0.25) is 19.2 Å². The average molecular weight is 813 g/mol. The van der Waals surface area contributed by atoms with Crippen LogP contribution in [0.4, 0.5) is 13.2 Å². The third kappa shape index (κ3) is 11.3. The summed E-state index contributed by atoms with van der Waals surface area (Å²) in [4.78, 5) is 68.7. The number of carbonyl (C=O) groups excluding carboxylic acids is 4. The van der Waals surface area contributed by atoms with Gasteiger partial charge in [-0.05, 0) is 57.5 Å². The van der Waals surface area contributed by atoms with Crippen molar-refractivity contribution in [1.29, 1.82) is 0 Å². The Kier molecular flexibility index (Phi) is 13.2. The molecule has 2 bridgehead atoms. The summed E-state index contributed by atoms with van der Waals surface area (Å²) in [5.74, 6) is -4.33. The van der Waals surface area contributed by atoms with Gasteiger partial charge in [-0.1, -0.05) is 91.0 Å². The van der Waals surface area contributed by atoms with Crippen LogP contribution in [-0.4, -0.2) is 65.5 Å². The fraction of sp³-hybridized carbons (Fsp3) is 0.233. The van der Waals surface area contributed by atoms with E-state index in [1.807, 2.05) is 47.8 Å². The largest absolute Gasteiger partial charge is 0.484 e. The Hall–Kier alpha value is -6.48. The van der Waals surface area contributed by atoms with E-state index in [9.17, 15) is 42.3 Å². The topological polar surface area (TPSA) is 163 Å². The van der Waals surface area contributed by atoms with Crippen LogP contribution in [0.15, 0.2) is 121 Å². The highest BCUT2D eigenvalue weighted by Crippen LogP contribution is 2.30. The Morgan fingerprint density at radius 2 is 1.29 bits per heavy atom. The summed E-state index contributed by atoms with van der Waals surface area (Å²) in [6.45, 7) is -0.462. The Bertz CT molecular complexity index is 2220. The molecule has 2 aliphatic rings. The van der Waals surface area contributed by atoms with Gasteiger partial charge in [0.2, 0.25) is 17.7 Å². The molecule has 58 heavy (non-hydrogen) atoms. The number of carboxylic acids is 1. The number of rotatable bonds is 8. The van der Waals surface area contributed by atoms with Crippen molar-refractivity contribution in [2.45, 2.75) is 56.0 Å². The fourth-order valence-electron chi connectivity index (χ4n) is 6.43. The fourth-order valence-corrected chi connectivity index (χ4v) is 7.18. The van der Waals surface area contributed by atoms with Crippen LogP contribution >= 0.6 is 11.3 Å². The number of fused-ring (bicyclic) bond motifs is 16. The maximum atomic E-state index is 14.3. The smallest absolute Gasteiger partial charge is 0.416 e. The summed E-state index contributed by atoms with van der Waals surface area (Å²) in [5.41, 5.74) is 1.98. The lowest BCUT2D eigenvalue weighted by molar-refractivity contribution is -0.142. The molecule has 15 heteroatoms.